The van der Waals surface area contributed by atoms with Crippen molar-refractivity contribution in [2.75, 3.05) is 32.8 Å². The number of piperazine rings is 1. The third kappa shape index (κ3) is 3.60. The third-order valence-electron chi connectivity index (χ3n) is 4.72. The number of nitrogens with zero attached hydrogens (tertiary/aromatic N) is 2. The molecule has 2 atom stereocenters. The lowest BCUT2D eigenvalue weighted by Crippen LogP contribution is -2.51. The number of hydrogen-bond donors (Lipinski definition) is 1. The Morgan fingerprint density at radius 1 is 1.08 bits per heavy atom. The molecule has 1 N–H and O–H groups in total. The molecular formula is C18H22N2O5. The maximum atomic E-state index is 12.7. The summed E-state index contributed by atoms with van der Waals surface area (Å²) in [5.41, 5.74) is 0.525. The van der Waals surface area contributed by atoms with Gasteiger partial charge in [0.05, 0.1) is 24.0 Å². The average molecular weight is 346 g/mol. The number of amides is 2. The van der Waals surface area contributed by atoms with E-state index < -0.39 is 17.8 Å². The lowest BCUT2D eigenvalue weighted by molar-refractivity contribution is -0.142. The van der Waals surface area contributed by atoms with Crippen molar-refractivity contribution in [2.45, 2.75) is 13.3 Å². The van der Waals surface area contributed by atoms with Gasteiger partial charge in [0.15, 0.2) is 0 Å². The van der Waals surface area contributed by atoms with Gasteiger partial charge >= 0.3 is 5.97 Å². The van der Waals surface area contributed by atoms with Gasteiger partial charge in [0, 0.05) is 26.2 Å². The van der Waals surface area contributed by atoms with Crippen LogP contribution in [0.4, 0.5) is 0 Å². The van der Waals surface area contributed by atoms with E-state index in [1.54, 1.807) is 28.0 Å². The van der Waals surface area contributed by atoms with Gasteiger partial charge in [0.1, 0.15) is 5.75 Å². The summed E-state index contributed by atoms with van der Waals surface area (Å²) >= 11 is 0. The molecule has 0 spiro atoms. The van der Waals surface area contributed by atoms with Crippen LogP contribution in [0.25, 0.3) is 0 Å². The van der Waals surface area contributed by atoms with Gasteiger partial charge in [0.25, 0.3) is 5.91 Å². The van der Waals surface area contributed by atoms with Crippen LogP contribution in [0.15, 0.2) is 24.3 Å². The van der Waals surface area contributed by atoms with Crippen molar-refractivity contribution in [2.24, 2.45) is 11.8 Å². The second kappa shape index (κ2) is 7.13. The van der Waals surface area contributed by atoms with E-state index in [0.29, 0.717) is 50.5 Å². The Morgan fingerprint density at radius 2 is 1.72 bits per heavy atom. The Kier molecular flexibility index (Phi) is 4.92. The second-order valence-electron chi connectivity index (χ2n) is 6.33. The lowest BCUT2D eigenvalue weighted by Gasteiger charge is -2.35. The first-order valence-corrected chi connectivity index (χ1v) is 8.55. The molecule has 7 heteroatoms. The van der Waals surface area contributed by atoms with Crippen molar-refractivity contribution in [3.63, 3.8) is 0 Å². The molecule has 0 bridgehead atoms. The highest BCUT2D eigenvalue weighted by atomic mass is 16.5. The molecule has 0 radical (unpaired) electrons. The van der Waals surface area contributed by atoms with Crippen LogP contribution in [-0.4, -0.2) is 65.5 Å². The number of ether oxygens (including phenoxy) is 1. The molecular weight excluding hydrogens is 324 g/mol. The lowest BCUT2D eigenvalue weighted by atomic mass is 10.1. The zero-order valence-corrected chi connectivity index (χ0v) is 14.2. The number of benzene rings is 1. The van der Waals surface area contributed by atoms with Crippen LogP contribution in [0, 0.1) is 11.8 Å². The SMILES string of the molecule is CCOc1ccccc1C(=O)N1CCN(C(=O)C2CC2C(=O)O)CC1. The summed E-state index contributed by atoms with van der Waals surface area (Å²) in [6.45, 7) is 4.10. The van der Waals surface area contributed by atoms with Crippen LogP contribution in [-0.2, 0) is 9.59 Å². The van der Waals surface area contributed by atoms with E-state index in [9.17, 15) is 14.4 Å². The third-order valence-corrected chi connectivity index (χ3v) is 4.72. The molecule has 7 nitrogen and oxygen atoms in total. The molecule has 1 aromatic carbocycles. The van der Waals surface area contributed by atoms with Crippen LogP contribution in [0.2, 0.25) is 0 Å². The van der Waals surface area contributed by atoms with Crippen molar-refractivity contribution < 1.29 is 24.2 Å². The fraction of sp³-hybridized carbons (Fsp3) is 0.500. The summed E-state index contributed by atoms with van der Waals surface area (Å²) < 4.78 is 5.51. The molecule has 0 aromatic heterocycles. The zero-order chi connectivity index (χ0) is 18.0. The fourth-order valence-corrected chi connectivity index (χ4v) is 3.20. The Labute approximate surface area is 146 Å². The molecule has 134 valence electrons. The van der Waals surface area contributed by atoms with E-state index in [0.717, 1.165) is 0 Å². The minimum atomic E-state index is -0.903. The molecule has 2 amide bonds. The predicted octanol–water partition coefficient (Wildman–Crippen LogP) is 1.09. The highest BCUT2D eigenvalue weighted by Crippen LogP contribution is 2.40. The van der Waals surface area contributed by atoms with Gasteiger partial charge in [-0.3, -0.25) is 14.4 Å². The minimum Gasteiger partial charge on any atom is -0.493 e. The Hall–Kier alpha value is -2.57. The number of aliphatic carboxylic acids is 1. The predicted molar refractivity (Wildman–Crippen MR) is 89.3 cm³/mol. The first kappa shape index (κ1) is 17.3. The number of carboxylic acid groups (broad SMARTS) is 1. The molecule has 2 fully saturated rings. The minimum absolute atomic E-state index is 0.103. The largest absolute Gasteiger partial charge is 0.493 e. The smallest absolute Gasteiger partial charge is 0.307 e. The number of carbonyl (C=O) groups is 3. The van der Waals surface area contributed by atoms with Crippen molar-refractivity contribution in [3.8, 4) is 5.75 Å². The van der Waals surface area contributed by atoms with Crippen molar-refractivity contribution in [1.29, 1.82) is 0 Å². The number of hydrogen-bond acceptors (Lipinski definition) is 4. The topological polar surface area (TPSA) is 87.2 Å². The van der Waals surface area contributed by atoms with Crippen LogP contribution < -0.4 is 4.74 Å². The van der Waals surface area contributed by atoms with Crippen LogP contribution >= 0.6 is 0 Å². The van der Waals surface area contributed by atoms with Gasteiger partial charge in [-0.05, 0) is 25.5 Å². The molecule has 1 saturated carbocycles. The Balaban J connectivity index is 1.58. The van der Waals surface area contributed by atoms with E-state index in [1.807, 2.05) is 13.0 Å². The summed E-state index contributed by atoms with van der Waals surface area (Å²) in [7, 11) is 0. The van der Waals surface area contributed by atoms with Crippen LogP contribution in [0.1, 0.15) is 23.7 Å². The summed E-state index contributed by atoms with van der Waals surface area (Å²) in [6.07, 6.45) is 0.426. The normalized spacial score (nSPS) is 22.4. The summed E-state index contributed by atoms with van der Waals surface area (Å²) in [6, 6.07) is 7.14. The maximum Gasteiger partial charge on any atom is 0.307 e. The van der Waals surface area contributed by atoms with E-state index in [2.05, 4.69) is 0 Å². The maximum absolute atomic E-state index is 12.7. The van der Waals surface area contributed by atoms with Gasteiger partial charge in [-0.1, -0.05) is 12.1 Å². The van der Waals surface area contributed by atoms with Gasteiger partial charge in [-0.15, -0.1) is 0 Å². The Morgan fingerprint density at radius 3 is 2.32 bits per heavy atom. The molecule has 1 saturated heterocycles. The van der Waals surface area contributed by atoms with Crippen molar-refractivity contribution >= 4 is 17.8 Å². The van der Waals surface area contributed by atoms with Crippen molar-refractivity contribution in [1.82, 2.24) is 9.80 Å². The quantitative estimate of drug-likeness (QED) is 0.862. The number of para-hydroxylation sites is 1. The second-order valence-corrected chi connectivity index (χ2v) is 6.33. The monoisotopic (exact) mass is 346 g/mol. The summed E-state index contributed by atoms with van der Waals surface area (Å²) in [5, 5.41) is 8.95. The standard InChI is InChI=1S/C18H22N2O5/c1-2-25-15-6-4-3-5-12(15)16(21)19-7-9-20(10-8-19)17(22)13-11-14(13)18(23)24/h3-6,13-14H,2,7-11H2,1H3,(H,23,24). The molecule has 1 aliphatic carbocycles. The molecule has 1 aliphatic heterocycles. The molecule has 3 rings (SSSR count). The molecule has 2 aliphatic rings. The van der Waals surface area contributed by atoms with Gasteiger partial charge < -0.3 is 19.6 Å². The first-order valence-electron chi connectivity index (χ1n) is 8.55. The van der Waals surface area contributed by atoms with Crippen molar-refractivity contribution in [3.05, 3.63) is 29.8 Å². The zero-order valence-electron chi connectivity index (χ0n) is 14.2. The van der Waals surface area contributed by atoms with E-state index in [1.165, 1.54) is 0 Å². The highest BCUT2D eigenvalue weighted by molar-refractivity contribution is 5.97. The molecule has 1 aromatic rings. The van der Waals surface area contributed by atoms with Crippen LogP contribution in [0.3, 0.4) is 0 Å². The molecule has 1 heterocycles. The number of rotatable bonds is 5. The number of carboxylic acids is 1. The average Bonchev–Trinajstić information content (AvgIpc) is 3.42. The van der Waals surface area contributed by atoms with Crippen LogP contribution in [0.5, 0.6) is 5.75 Å². The van der Waals surface area contributed by atoms with E-state index in [-0.39, 0.29) is 11.8 Å². The summed E-state index contributed by atoms with van der Waals surface area (Å²) in [4.78, 5) is 39.3. The molecule has 2 unspecified atom stereocenters. The summed E-state index contributed by atoms with van der Waals surface area (Å²) in [5.74, 6) is -1.47. The fourth-order valence-electron chi connectivity index (χ4n) is 3.20. The number of carbonyl (C=O) groups excluding carboxylic acids is 2. The highest BCUT2D eigenvalue weighted by Gasteiger charge is 2.50. The van der Waals surface area contributed by atoms with Gasteiger partial charge in [-0.25, -0.2) is 0 Å². The van der Waals surface area contributed by atoms with E-state index in [4.69, 9.17) is 9.84 Å². The van der Waals surface area contributed by atoms with Gasteiger partial charge in [-0.2, -0.15) is 0 Å². The van der Waals surface area contributed by atoms with Gasteiger partial charge in [0.2, 0.25) is 5.91 Å². The molecule has 25 heavy (non-hydrogen) atoms. The van der Waals surface area contributed by atoms with E-state index >= 15 is 0 Å². The first-order chi connectivity index (χ1) is 12.0. The Bertz CT molecular complexity index is 682.